The van der Waals surface area contributed by atoms with E-state index in [2.05, 4.69) is 55.7 Å². The van der Waals surface area contributed by atoms with Gasteiger partial charge in [-0.2, -0.15) is 5.10 Å². The minimum absolute atomic E-state index is 0.373. The van der Waals surface area contributed by atoms with E-state index in [-0.39, 0.29) is 0 Å². The molecule has 1 aliphatic carbocycles. The Kier molecular flexibility index (Phi) is 9.26. The number of anilines is 2. The van der Waals surface area contributed by atoms with Crippen molar-refractivity contribution >= 4 is 17.7 Å². The van der Waals surface area contributed by atoms with Gasteiger partial charge in [-0.15, -0.1) is 0 Å². The minimum Gasteiger partial charge on any atom is -0.480 e. The van der Waals surface area contributed by atoms with E-state index >= 15 is 0 Å². The molecule has 1 saturated carbocycles. The van der Waals surface area contributed by atoms with Crippen LogP contribution in [-0.4, -0.2) is 72.9 Å². The summed E-state index contributed by atoms with van der Waals surface area (Å²) in [5.41, 5.74) is 5.73. The number of hydrogen-bond acceptors (Lipinski definition) is 8. The fourth-order valence-electron chi connectivity index (χ4n) is 5.39. The third-order valence-electron chi connectivity index (χ3n) is 7.90. The molecule has 0 bridgehead atoms. The number of carboxylic acids is 1. The summed E-state index contributed by atoms with van der Waals surface area (Å²) in [6.07, 6.45) is 11.7. The maximum absolute atomic E-state index is 12.1. The number of fused-ring (bicyclic) bond motifs is 1. The molecule has 5 rings (SSSR count). The Morgan fingerprint density at radius 2 is 2.00 bits per heavy atom. The lowest BCUT2D eigenvalue weighted by Crippen LogP contribution is -2.37. The summed E-state index contributed by atoms with van der Waals surface area (Å²) < 4.78 is 2.04. The van der Waals surface area contributed by atoms with Crippen LogP contribution in [0.25, 0.3) is 0 Å². The molecule has 4 heterocycles. The van der Waals surface area contributed by atoms with Crippen LogP contribution < -0.4 is 10.6 Å². The summed E-state index contributed by atoms with van der Waals surface area (Å²) >= 11 is 0. The second kappa shape index (κ2) is 13.2. The first-order chi connectivity index (χ1) is 19.4. The number of aliphatic carboxylic acids is 1. The fraction of sp³-hybridized carbons (Fsp3) is 0.567. The summed E-state index contributed by atoms with van der Waals surface area (Å²) in [5.74, 6) is 1.10. The standard InChI is InChI=1S/C30H42N8O2/c1-21-18-22(2)38(36-21)17-16-37(14-4-3-7-26-11-10-24-6-5-13-31-28(24)34-26)15-12-27(29(39)40)35-30-32-19-25(20-33-30)23-8-9-23/h10-11,18-20,23,27H,3-9,12-17H2,1-2H3,(H,31,34)(H,39,40)(H,32,33,35)/t27-/m0/s1. The van der Waals surface area contributed by atoms with Crippen molar-refractivity contribution in [2.24, 2.45) is 0 Å². The van der Waals surface area contributed by atoms with Crippen LogP contribution in [0.5, 0.6) is 0 Å². The number of hydrogen-bond donors (Lipinski definition) is 3. The van der Waals surface area contributed by atoms with E-state index < -0.39 is 12.0 Å². The van der Waals surface area contributed by atoms with Gasteiger partial charge in [0.05, 0.1) is 12.2 Å². The van der Waals surface area contributed by atoms with Crippen LogP contribution in [0.3, 0.4) is 0 Å². The van der Waals surface area contributed by atoms with Crippen LogP contribution in [0.4, 0.5) is 11.8 Å². The highest BCUT2D eigenvalue weighted by molar-refractivity contribution is 5.76. The molecule has 214 valence electrons. The van der Waals surface area contributed by atoms with E-state index in [1.165, 1.54) is 24.8 Å². The molecule has 3 N–H and O–H groups in total. The Morgan fingerprint density at radius 3 is 2.73 bits per heavy atom. The third-order valence-corrected chi connectivity index (χ3v) is 7.90. The van der Waals surface area contributed by atoms with Crippen LogP contribution in [0.2, 0.25) is 0 Å². The highest BCUT2D eigenvalue weighted by atomic mass is 16.4. The first kappa shape index (κ1) is 28.0. The van der Waals surface area contributed by atoms with Gasteiger partial charge in [-0.3, -0.25) is 4.68 Å². The summed E-state index contributed by atoms with van der Waals surface area (Å²) in [7, 11) is 0. The zero-order valence-electron chi connectivity index (χ0n) is 23.8. The van der Waals surface area contributed by atoms with E-state index in [9.17, 15) is 9.90 Å². The van der Waals surface area contributed by atoms with Crippen LogP contribution in [0.15, 0.2) is 30.6 Å². The van der Waals surface area contributed by atoms with Crippen LogP contribution >= 0.6 is 0 Å². The number of unbranched alkanes of at least 4 members (excludes halogenated alkanes) is 1. The van der Waals surface area contributed by atoms with Crippen molar-refractivity contribution in [1.82, 2.24) is 29.6 Å². The molecule has 0 amide bonds. The van der Waals surface area contributed by atoms with E-state index in [0.29, 0.717) is 24.8 Å². The molecule has 0 aromatic carbocycles. The summed E-state index contributed by atoms with van der Waals surface area (Å²) in [6, 6.07) is 5.71. The molecule has 3 aromatic rings. The van der Waals surface area contributed by atoms with E-state index in [1.807, 2.05) is 24.0 Å². The summed E-state index contributed by atoms with van der Waals surface area (Å²) in [5, 5.41) is 21.0. The van der Waals surface area contributed by atoms with Gasteiger partial charge in [0.25, 0.3) is 0 Å². The molecule has 1 atom stereocenters. The predicted octanol–water partition coefficient (Wildman–Crippen LogP) is 4.20. The number of nitrogens with zero attached hydrogens (tertiary/aromatic N) is 6. The molecule has 3 aromatic heterocycles. The number of rotatable bonds is 15. The normalized spacial score (nSPS) is 15.5. The van der Waals surface area contributed by atoms with Gasteiger partial charge >= 0.3 is 5.97 Å². The average Bonchev–Trinajstić information content (AvgIpc) is 3.75. The van der Waals surface area contributed by atoms with Crippen molar-refractivity contribution in [3.05, 3.63) is 58.8 Å². The third kappa shape index (κ3) is 7.78. The van der Waals surface area contributed by atoms with Crippen molar-refractivity contribution < 1.29 is 9.90 Å². The Morgan fingerprint density at radius 1 is 1.18 bits per heavy atom. The van der Waals surface area contributed by atoms with Crippen molar-refractivity contribution in [2.75, 3.05) is 36.8 Å². The fourth-order valence-corrected chi connectivity index (χ4v) is 5.39. The summed E-state index contributed by atoms with van der Waals surface area (Å²) in [6.45, 7) is 8.21. The second-order valence-electron chi connectivity index (χ2n) is 11.2. The molecule has 2 aliphatic rings. The van der Waals surface area contributed by atoms with E-state index in [1.54, 1.807) is 0 Å². The molecule has 0 spiro atoms. The molecule has 10 heteroatoms. The summed E-state index contributed by atoms with van der Waals surface area (Å²) in [4.78, 5) is 28.0. The lowest BCUT2D eigenvalue weighted by molar-refractivity contribution is -0.138. The smallest absolute Gasteiger partial charge is 0.326 e. The quantitative estimate of drug-likeness (QED) is 0.241. The number of nitrogens with one attached hydrogen (secondary N) is 2. The predicted molar refractivity (Wildman–Crippen MR) is 156 cm³/mol. The maximum atomic E-state index is 12.1. The Labute approximate surface area is 236 Å². The largest absolute Gasteiger partial charge is 0.480 e. The van der Waals surface area contributed by atoms with Gasteiger partial charge in [0, 0.05) is 43.4 Å². The van der Waals surface area contributed by atoms with Gasteiger partial charge in [-0.05, 0) is 101 Å². The monoisotopic (exact) mass is 546 g/mol. The zero-order valence-corrected chi connectivity index (χ0v) is 23.8. The van der Waals surface area contributed by atoms with Gasteiger partial charge in [-0.1, -0.05) is 6.07 Å². The number of pyridine rings is 1. The van der Waals surface area contributed by atoms with Gasteiger partial charge in [0.2, 0.25) is 5.95 Å². The first-order valence-electron chi connectivity index (χ1n) is 14.7. The Bertz CT molecular complexity index is 1270. The molecule has 0 radical (unpaired) electrons. The highest BCUT2D eigenvalue weighted by Crippen LogP contribution is 2.39. The Balaban J connectivity index is 1.15. The van der Waals surface area contributed by atoms with Gasteiger partial charge in [0.1, 0.15) is 11.9 Å². The number of aryl methyl sites for hydroxylation is 4. The highest BCUT2D eigenvalue weighted by Gasteiger charge is 2.25. The zero-order chi connectivity index (χ0) is 27.9. The van der Waals surface area contributed by atoms with Gasteiger partial charge in [-0.25, -0.2) is 19.7 Å². The number of carboxylic acid groups (broad SMARTS) is 1. The molecular formula is C30H42N8O2. The second-order valence-corrected chi connectivity index (χ2v) is 11.2. The van der Waals surface area contributed by atoms with Crippen molar-refractivity contribution in [1.29, 1.82) is 0 Å². The van der Waals surface area contributed by atoms with E-state index in [4.69, 9.17) is 4.98 Å². The lowest BCUT2D eigenvalue weighted by atomic mass is 10.1. The van der Waals surface area contributed by atoms with E-state index in [0.717, 1.165) is 80.3 Å². The molecular weight excluding hydrogens is 504 g/mol. The molecule has 10 nitrogen and oxygen atoms in total. The SMILES string of the molecule is Cc1cc(C)n(CCN(CCCCc2ccc3c(n2)NCCC3)CC[C@H](Nc2ncc(C3CC3)cn2)C(=O)O)n1. The average molecular weight is 547 g/mol. The first-order valence-corrected chi connectivity index (χ1v) is 14.7. The van der Waals surface area contributed by atoms with Crippen LogP contribution in [0.1, 0.15) is 72.7 Å². The van der Waals surface area contributed by atoms with Gasteiger partial charge < -0.3 is 20.6 Å². The molecule has 0 unspecified atom stereocenters. The van der Waals surface area contributed by atoms with Crippen LogP contribution in [0, 0.1) is 13.8 Å². The maximum Gasteiger partial charge on any atom is 0.326 e. The van der Waals surface area contributed by atoms with Crippen LogP contribution in [-0.2, 0) is 24.2 Å². The van der Waals surface area contributed by atoms with Crippen molar-refractivity contribution in [3.8, 4) is 0 Å². The number of aromatic nitrogens is 5. The van der Waals surface area contributed by atoms with Gasteiger partial charge in [0.15, 0.2) is 0 Å². The Hall–Kier alpha value is -3.53. The van der Waals surface area contributed by atoms with Crippen molar-refractivity contribution in [2.45, 2.75) is 83.7 Å². The molecule has 1 fully saturated rings. The number of carbonyl (C=O) groups is 1. The molecule has 0 saturated heterocycles. The minimum atomic E-state index is -0.888. The lowest BCUT2D eigenvalue weighted by Gasteiger charge is -2.25. The molecule has 40 heavy (non-hydrogen) atoms. The topological polar surface area (TPSA) is 121 Å². The molecule has 1 aliphatic heterocycles. The van der Waals surface area contributed by atoms with Crippen molar-refractivity contribution in [3.63, 3.8) is 0 Å².